The minimum Gasteiger partial charge on any atom is -0.488 e. The Labute approximate surface area is 124 Å². The Bertz CT molecular complexity index is 668. The lowest BCUT2D eigenvalue weighted by Gasteiger charge is -2.10. The highest BCUT2D eigenvalue weighted by atomic mass is 19.1. The Morgan fingerprint density at radius 3 is 2.76 bits per heavy atom. The van der Waals surface area contributed by atoms with Crippen molar-refractivity contribution in [3.05, 3.63) is 65.0 Å². The fourth-order valence-corrected chi connectivity index (χ4v) is 1.89. The second kappa shape index (κ2) is 7.47. The Morgan fingerprint density at radius 2 is 2.00 bits per heavy atom. The van der Waals surface area contributed by atoms with Crippen molar-refractivity contribution < 1.29 is 14.2 Å². The van der Waals surface area contributed by atoms with Crippen molar-refractivity contribution in [3.8, 4) is 17.6 Å². The molecule has 0 fully saturated rings. The molecule has 1 N–H and O–H groups in total. The first-order chi connectivity index (χ1) is 10.2. The smallest absolute Gasteiger partial charge is 0.135 e. The summed E-state index contributed by atoms with van der Waals surface area (Å²) < 4.78 is 18.9. The summed E-state index contributed by atoms with van der Waals surface area (Å²) in [6.07, 6.45) is 0.436. The highest BCUT2D eigenvalue weighted by molar-refractivity contribution is 5.46. The minimum absolute atomic E-state index is 0.0464. The van der Waals surface area contributed by atoms with Gasteiger partial charge in [-0.15, -0.1) is 0 Å². The molecule has 0 unspecified atom stereocenters. The summed E-state index contributed by atoms with van der Waals surface area (Å²) in [5, 5.41) is 8.75. The number of ether oxygens (including phenoxy) is 1. The highest BCUT2D eigenvalue weighted by Crippen LogP contribution is 2.19. The summed E-state index contributed by atoms with van der Waals surface area (Å²) in [5.74, 6) is 6.30. The average Bonchev–Trinajstić information content (AvgIpc) is 2.48. The molecular weight excluding hydrogens is 267 g/mol. The molecule has 3 heteroatoms. The summed E-state index contributed by atoms with van der Waals surface area (Å²) >= 11 is 0. The second-order valence-corrected chi connectivity index (χ2v) is 4.63. The van der Waals surface area contributed by atoms with Crippen LogP contribution in [0.3, 0.4) is 0 Å². The zero-order chi connectivity index (χ0) is 15.1. The van der Waals surface area contributed by atoms with Gasteiger partial charge in [0, 0.05) is 6.42 Å². The molecule has 21 heavy (non-hydrogen) atoms. The van der Waals surface area contributed by atoms with Gasteiger partial charge in [-0.3, -0.25) is 0 Å². The van der Waals surface area contributed by atoms with Crippen LogP contribution >= 0.6 is 0 Å². The van der Waals surface area contributed by atoms with Gasteiger partial charge in [-0.25, -0.2) is 4.39 Å². The van der Waals surface area contributed by atoms with Crippen LogP contribution in [0, 0.1) is 24.6 Å². The Morgan fingerprint density at radius 1 is 1.19 bits per heavy atom. The minimum atomic E-state index is -0.244. The molecule has 0 aromatic heterocycles. The van der Waals surface area contributed by atoms with E-state index in [0.29, 0.717) is 18.8 Å². The molecule has 108 valence electrons. The first kappa shape index (κ1) is 15.1. The zero-order valence-electron chi connectivity index (χ0n) is 11.9. The van der Waals surface area contributed by atoms with E-state index in [0.717, 1.165) is 16.7 Å². The number of benzene rings is 2. The molecule has 2 aromatic carbocycles. The Kier molecular flexibility index (Phi) is 5.36. The molecule has 0 heterocycles. The summed E-state index contributed by atoms with van der Waals surface area (Å²) in [6, 6.07) is 12.1. The van der Waals surface area contributed by atoms with Crippen LogP contribution in [-0.4, -0.2) is 11.7 Å². The third kappa shape index (κ3) is 4.34. The maximum atomic E-state index is 13.1. The van der Waals surface area contributed by atoms with Gasteiger partial charge in [-0.05, 0) is 42.3 Å². The largest absolute Gasteiger partial charge is 0.488 e. The number of aliphatic hydroxyl groups excluding tert-OH is 1. The summed E-state index contributed by atoms with van der Waals surface area (Å²) in [6.45, 7) is 2.27. The van der Waals surface area contributed by atoms with Crippen molar-refractivity contribution in [2.75, 3.05) is 6.61 Å². The number of halogens is 1. The number of rotatable bonds is 4. The van der Waals surface area contributed by atoms with Crippen LogP contribution in [-0.2, 0) is 6.61 Å². The van der Waals surface area contributed by atoms with Crippen LogP contribution in [0.4, 0.5) is 4.39 Å². The normalized spacial score (nSPS) is 9.86. The van der Waals surface area contributed by atoms with Gasteiger partial charge in [0.25, 0.3) is 0 Å². The molecule has 0 aliphatic carbocycles. The maximum absolute atomic E-state index is 13.1. The number of aliphatic hydroxyl groups is 1. The molecule has 0 spiro atoms. The van der Waals surface area contributed by atoms with E-state index in [4.69, 9.17) is 9.84 Å². The van der Waals surface area contributed by atoms with Gasteiger partial charge in [-0.2, -0.15) is 0 Å². The number of hydrogen-bond acceptors (Lipinski definition) is 2. The lowest BCUT2D eigenvalue weighted by atomic mass is 10.1. The molecule has 0 atom stereocenters. The van der Waals surface area contributed by atoms with Gasteiger partial charge < -0.3 is 9.84 Å². The van der Waals surface area contributed by atoms with Crippen LogP contribution in [0.25, 0.3) is 0 Å². The van der Waals surface area contributed by atoms with E-state index in [1.54, 1.807) is 6.07 Å². The first-order valence-corrected chi connectivity index (χ1v) is 6.77. The van der Waals surface area contributed by atoms with E-state index in [1.165, 1.54) is 12.1 Å². The monoisotopic (exact) mass is 284 g/mol. The molecule has 0 saturated heterocycles. The predicted molar refractivity (Wildman–Crippen MR) is 80.5 cm³/mol. The topological polar surface area (TPSA) is 29.5 Å². The van der Waals surface area contributed by atoms with Crippen LogP contribution in [0.2, 0.25) is 0 Å². The summed E-state index contributed by atoms with van der Waals surface area (Å²) in [7, 11) is 0. The fourth-order valence-electron chi connectivity index (χ4n) is 1.89. The van der Waals surface area contributed by atoms with Gasteiger partial charge in [0.05, 0.1) is 12.2 Å². The standard InChI is InChI=1S/C18H17FO2/c1-14-12-17(19)10-9-16(14)13-21-18-8-3-2-6-15(18)7-4-5-11-20/h2-3,6,8-10,12,20H,5,11,13H2,1H3. The second-order valence-electron chi connectivity index (χ2n) is 4.63. The lowest BCUT2D eigenvalue weighted by Crippen LogP contribution is -1.99. The molecule has 2 nitrogen and oxygen atoms in total. The summed E-state index contributed by atoms with van der Waals surface area (Å²) in [4.78, 5) is 0. The SMILES string of the molecule is Cc1cc(F)ccc1COc1ccccc1C#CCCO. The number of aryl methyl sites for hydroxylation is 1. The average molecular weight is 284 g/mol. The van der Waals surface area contributed by atoms with Crippen molar-refractivity contribution in [3.63, 3.8) is 0 Å². The fraction of sp³-hybridized carbons (Fsp3) is 0.222. The molecular formula is C18H17FO2. The molecule has 2 rings (SSSR count). The molecule has 0 radical (unpaired) electrons. The molecule has 0 aliphatic heterocycles. The number of hydrogen-bond donors (Lipinski definition) is 1. The zero-order valence-corrected chi connectivity index (χ0v) is 11.9. The van der Waals surface area contributed by atoms with Crippen LogP contribution in [0.15, 0.2) is 42.5 Å². The molecule has 0 saturated carbocycles. The maximum Gasteiger partial charge on any atom is 0.135 e. The van der Waals surface area contributed by atoms with Gasteiger partial charge in [0.1, 0.15) is 18.2 Å². The van der Waals surface area contributed by atoms with Crippen molar-refractivity contribution in [1.29, 1.82) is 0 Å². The molecule has 0 amide bonds. The third-order valence-corrected chi connectivity index (χ3v) is 3.03. The predicted octanol–water partition coefficient (Wildman–Crippen LogP) is 3.45. The van der Waals surface area contributed by atoms with Crippen LogP contribution in [0.5, 0.6) is 5.75 Å². The quantitative estimate of drug-likeness (QED) is 0.871. The van der Waals surface area contributed by atoms with Crippen molar-refractivity contribution in [2.45, 2.75) is 20.0 Å². The first-order valence-electron chi connectivity index (χ1n) is 6.77. The van der Waals surface area contributed by atoms with E-state index in [-0.39, 0.29) is 12.4 Å². The Balaban J connectivity index is 2.11. The highest BCUT2D eigenvalue weighted by Gasteiger charge is 2.04. The van der Waals surface area contributed by atoms with E-state index < -0.39 is 0 Å². The number of para-hydroxylation sites is 1. The van der Waals surface area contributed by atoms with Gasteiger partial charge >= 0.3 is 0 Å². The lowest BCUT2D eigenvalue weighted by molar-refractivity contribution is 0.303. The van der Waals surface area contributed by atoms with Gasteiger partial charge in [-0.1, -0.05) is 30.0 Å². The van der Waals surface area contributed by atoms with E-state index in [9.17, 15) is 4.39 Å². The van der Waals surface area contributed by atoms with E-state index in [1.807, 2.05) is 31.2 Å². The van der Waals surface area contributed by atoms with Gasteiger partial charge in [0.15, 0.2) is 0 Å². The van der Waals surface area contributed by atoms with Gasteiger partial charge in [0.2, 0.25) is 0 Å². The molecule has 0 aliphatic rings. The molecule has 0 bridgehead atoms. The van der Waals surface area contributed by atoms with Crippen LogP contribution < -0.4 is 4.74 Å². The summed E-state index contributed by atoms with van der Waals surface area (Å²) in [5.41, 5.74) is 2.58. The van der Waals surface area contributed by atoms with Crippen molar-refractivity contribution in [2.24, 2.45) is 0 Å². The van der Waals surface area contributed by atoms with E-state index in [2.05, 4.69) is 11.8 Å². The third-order valence-electron chi connectivity index (χ3n) is 3.03. The van der Waals surface area contributed by atoms with Crippen molar-refractivity contribution >= 4 is 0 Å². The van der Waals surface area contributed by atoms with Crippen molar-refractivity contribution in [1.82, 2.24) is 0 Å². The Hall–Kier alpha value is -2.31. The van der Waals surface area contributed by atoms with E-state index >= 15 is 0 Å². The van der Waals surface area contributed by atoms with Crippen LogP contribution in [0.1, 0.15) is 23.1 Å². The molecule has 2 aromatic rings.